The van der Waals surface area contributed by atoms with E-state index in [9.17, 15) is 0 Å². The van der Waals surface area contributed by atoms with E-state index in [-0.39, 0.29) is 20.1 Å². The molecule has 642 valence electrons. The molecule has 0 saturated carbocycles. The van der Waals surface area contributed by atoms with Gasteiger partial charge >= 0.3 is 0 Å². The molecule has 0 spiro atoms. The summed E-state index contributed by atoms with van der Waals surface area (Å²) in [5, 5.41) is 15.0. The summed E-state index contributed by atoms with van der Waals surface area (Å²) in [6, 6.07) is 176. The van der Waals surface area contributed by atoms with Gasteiger partial charge in [-0.25, -0.2) is 0 Å². The first kappa shape index (κ1) is 78.7. The van der Waals surface area contributed by atoms with Crippen molar-refractivity contribution >= 4 is 200 Å². The van der Waals surface area contributed by atoms with Gasteiger partial charge in [-0.1, -0.05) is 350 Å². The molecule has 9 heterocycles. The molecule has 0 bridgehead atoms. The Hall–Kier alpha value is -18.0. The molecular formula is C126H81B3N6O3. The molecule has 27 aromatic rings. The van der Waals surface area contributed by atoms with Crippen molar-refractivity contribution in [1.82, 2.24) is 27.4 Å². The first-order valence-electron chi connectivity index (χ1n) is 47.4. The van der Waals surface area contributed by atoms with Crippen molar-refractivity contribution < 1.29 is 14.2 Å². The van der Waals surface area contributed by atoms with Gasteiger partial charge < -0.3 is 41.6 Å². The number of ether oxygens (including phenoxy) is 3. The van der Waals surface area contributed by atoms with Crippen molar-refractivity contribution in [2.24, 2.45) is 0 Å². The number of hydrogen-bond acceptors (Lipinski definition) is 3. The lowest BCUT2D eigenvalue weighted by Crippen LogP contribution is -2.54. The van der Waals surface area contributed by atoms with Crippen molar-refractivity contribution in [2.45, 2.75) is 0 Å². The number of rotatable bonds is 9. The summed E-state index contributed by atoms with van der Waals surface area (Å²) in [5.74, 6) is 5.44. The van der Waals surface area contributed by atoms with Crippen LogP contribution in [-0.2, 0) is 0 Å². The number of nitrogens with zero attached hydrogens (tertiary/aromatic N) is 6. The van der Waals surface area contributed by atoms with Crippen molar-refractivity contribution in [3.05, 3.63) is 491 Å². The van der Waals surface area contributed by atoms with Gasteiger partial charge in [0.2, 0.25) is 0 Å². The Morgan fingerprint density at radius 1 is 0.138 bits per heavy atom. The topological polar surface area (TPSA) is 57.3 Å². The van der Waals surface area contributed by atoms with E-state index in [1.54, 1.807) is 0 Å². The predicted octanol–water partition coefficient (Wildman–Crippen LogP) is 25.5. The monoisotopic (exact) mass is 1760 g/mol. The quantitative estimate of drug-likeness (QED) is 0.135. The zero-order valence-electron chi connectivity index (χ0n) is 74.9. The van der Waals surface area contributed by atoms with Crippen LogP contribution in [0.1, 0.15) is 0 Å². The van der Waals surface area contributed by atoms with Crippen LogP contribution in [0.3, 0.4) is 0 Å². The molecule has 6 aromatic heterocycles. The smallest absolute Gasteiger partial charge is 0.250 e. The van der Waals surface area contributed by atoms with Gasteiger partial charge in [0.05, 0.1) is 66.2 Å². The summed E-state index contributed by atoms with van der Waals surface area (Å²) in [6.07, 6.45) is 0. The maximum atomic E-state index is 6.66. The molecule has 138 heavy (non-hydrogen) atoms. The highest BCUT2D eigenvalue weighted by Gasteiger charge is 2.37. The van der Waals surface area contributed by atoms with Crippen molar-refractivity contribution in [1.29, 1.82) is 0 Å². The third-order valence-electron chi connectivity index (χ3n) is 28.9. The highest BCUT2D eigenvalue weighted by molar-refractivity contribution is 6.98. The van der Waals surface area contributed by atoms with Crippen LogP contribution in [0.5, 0.6) is 34.5 Å². The molecule has 0 aliphatic carbocycles. The third-order valence-corrected chi connectivity index (χ3v) is 28.9. The Kier molecular flexibility index (Phi) is 18.2. The molecule has 9 nitrogen and oxygen atoms in total. The molecule has 0 fully saturated rings. The van der Waals surface area contributed by atoms with Crippen LogP contribution < -0.4 is 63.4 Å². The molecular weight excluding hydrogens is 1680 g/mol. The number of fused-ring (bicyclic) bond motifs is 26. The number of benzene rings is 21. The fraction of sp³-hybridized carbons (Fsp3) is 0. The lowest BCUT2D eigenvalue weighted by molar-refractivity contribution is 0.487. The standard InChI is InChI=1S/3C42H27BN2O/c1-3-13-28(14-4-1)43-34-19-9-12-22-39(34)46-40-27-30(23-25-35(40)43)44-37-21-11-8-18-33(37)41-38(44)26-24-32-31-17-7-10-20-36(31)45(42(32)41)29-15-5-2-6-16-29;1-3-13-28(14-4-1)43-35-19-9-12-22-41(35)46-42-25-30(23-24-36(42)43)45-38-21-11-8-18-32(38)34-26-39-33(27-40(34)45)31-17-7-10-20-37(31)44(39)29-15-5-2-6-16-29;1-3-13-28(14-4-1)43-33-19-9-12-22-39(33)46-40-27-30(23-24-34(40)43)45-36-21-11-8-18-32(36)42-38(45)26-25-37-41(42)31-17-7-10-20-35(31)44(37)29-15-5-2-6-16-29/h3*1-27H. The van der Waals surface area contributed by atoms with Crippen LogP contribution in [0.25, 0.3) is 165 Å². The zero-order chi connectivity index (χ0) is 90.6. The molecule has 0 saturated heterocycles. The number of aromatic nitrogens is 6. The highest BCUT2D eigenvalue weighted by atomic mass is 16.5. The number of hydrogen-bond donors (Lipinski definition) is 0. The predicted molar refractivity (Wildman–Crippen MR) is 578 cm³/mol. The molecule has 3 aliphatic rings. The molecule has 30 rings (SSSR count). The first-order valence-corrected chi connectivity index (χ1v) is 47.4. The van der Waals surface area contributed by atoms with Gasteiger partial charge in [0.1, 0.15) is 34.5 Å². The van der Waals surface area contributed by atoms with Gasteiger partial charge in [-0.05, 0) is 172 Å². The van der Waals surface area contributed by atoms with E-state index in [1.807, 2.05) is 0 Å². The summed E-state index contributed by atoms with van der Waals surface area (Å²) < 4.78 is 34.4. The SMILES string of the molecule is c1ccc(B2c3ccccc3Oc3cc(-n4c5ccccc5c5c4ccc4c6ccccc6n(-c6ccccc6)c45)ccc32)cc1.c1ccc(B2c3ccccc3Oc3cc(-n4c5ccccc5c5c6c7ccccc7n(-c7ccccc7)c6ccc54)ccc32)cc1.c1ccc(B2c3ccccc3Oc3cc(-n4c5ccccc5c5cc6c(cc54)c4ccccc4n6-c4ccccc4)ccc32)cc1. The van der Waals surface area contributed by atoms with E-state index >= 15 is 0 Å². The summed E-state index contributed by atoms with van der Waals surface area (Å²) >= 11 is 0. The minimum absolute atomic E-state index is 0.106. The second-order valence-corrected chi connectivity index (χ2v) is 36.3. The normalized spacial score (nSPS) is 12.5. The second kappa shape index (κ2) is 31.9. The molecule has 0 radical (unpaired) electrons. The summed E-state index contributed by atoms with van der Waals surface area (Å²) in [6.45, 7) is 0.323. The van der Waals surface area contributed by atoms with E-state index in [2.05, 4.69) is 519 Å². The van der Waals surface area contributed by atoms with Crippen molar-refractivity contribution in [3.8, 4) is 68.6 Å². The Labute approximate surface area is 796 Å². The molecule has 0 atom stereocenters. The fourth-order valence-electron chi connectivity index (χ4n) is 23.1. The Morgan fingerprint density at radius 2 is 0.384 bits per heavy atom. The maximum absolute atomic E-state index is 6.66. The zero-order valence-corrected chi connectivity index (χ0v) is 74.9. The molecule has 0 unspecified atom stereocenters. The van der Waals surface area contributed by atoms with Gasteiger partial charge in [0, 0.05) is 117 Å². The molecule has 21 aromatic carbocycles. The van der Waals surface area contributed by atoms with E-state index in [1.165, 1.54) is 180 Å². The van der Waals surface area contributed by atoms with Crippen molar-refractivity contribution in [2.75, 3.05) is 0 Å². The van der Waals surface area contributed by atoms with Gasteiger partial charge in [0.15, 0.2) is 0 Å². The van der Waals surface area contributed by atoms with Crippen LogP contribution >= 0.6 is 0 Å². The largest absolute Gasteiger partial charge is 0.458 e. The number of para-hydroxylation sites is 12. The Balaban J connectivity index is 0.000000102. The molecule has 0 N–H and O–H groups in total. The van der Waals surface area contributed by atoms with Gasteiger partial charge in [-0.15, -0.1) is 0 Å². The lowest BCUT2D eigenvalue weighted by Gasteiger charge is -2.27. The summed E-state index contributed by atoms with van der Waals surface area (Å²) in [4.78, 5) is 0. The van der Waals surface area contributed by atoms with Gasteiger partial charge in [0.25, 0.3) is 20.1 Å². The molecule has 3 aliphatic heterocycles. The van der Waals surface area contributed by atoms with E-state index in [0.29, 0.717) is 0 Å². The fourth-order valence-corrected chi connectivity index (χ4v) is 23.1. The van der Waals surface area contributed by atoms with E-state index < -0.39 is 0 Å². The van der Waals surface area contributed by atoms with Crippen LogP contribution in [0, 0.1) is 0 Å². The van der Waals surface area contributed by atoms with E-state index in [0.717, 1.165) is 68.6 Å². The lowest BCUT2D eigenvalue weighted by atomic mass is 9.36. The summed E-state index contributed by atoms with van der Waals surface area (Å²) in [5.41, 5.74) is 32.0. The Bertz CT molecular complexity index is 9410. The first-order chi connectivity index (χ1) is 68.5. The second-order valence-electron chi connectivity index (χ2n) is 36.3. The molecule has 12 heteroatoms. The van der Waals surface area contributed by atoms with Crippen molar-refractivity contribution in [3.63, 3.8) is 0 Å². The van der Waals surface area contributed by atoms with E-state index in [4.69, 9.17) is 14.2 Å². The summed E-state index contributed by atoms with van der Waals surface area (Å²) in [7, 11) is 0. The average Bonchev–Trinajstić information content (AvgIpc) is 1.55. The average molecular weight is 1760 g/mol. The third kappa shape index (κ3) is 12.3. The maximum Gasteiger partial charge on any atom is 0.250 e. The highest BCUT2D eigenvalue weighted by Crippen LogP contribution is 2.48. The Morgan fingerprint density at radius 3 is 0.754 bits per heavy atom. The minimum atomic E-state index is 0.106. The van der Waals surface area contributed by atoms with Crippen LogP contribution in [0.2, 0.25) is 0 Å². The van der Waals surface area contributed by atoms with Crippen LogP contribution in [0.4, 0.5) is 0 Å². The minimum Gasteiger partial charge on any atom is -0.458 e. The van der Waals surface area contributed by atoms with Gasteiger partial charge in [-0.3, -0.25) is 0 Å². The molecule has 0 amide bonds. The van der Waals surface area contributed by atoms with Gasteiger partial charge in [-0.2, -0.15) is 0 Å². The van der Waals surface area contributed by atoms with Crippen LogP contribution in [0.15, 0.2) is 491 Å². The van der Waals surface area contributed by atoms with Crippen LogP contribution in [-0.4, -0.2) is 47.5 Å².